The average molecular weight is 281 g/mol. The van der Waals surface area contributed by atoms with Crippen molar-refractivity contribution in [3.8, 4) is 0 Å². The molecule has 1 aromatic rings. The number of rotatable bonds is 8. The number of carbonyl (C=O) groups is 1. The lowest BCUT2D eigenvalue weighted by molar-refractivity contribution is -0.138. The van der Waals surface area contributed by atoms with Crippen LogP contribution < -0.4 is 10.9 Å². The summed E-state index contributed by atoms with van der Waals surface area (Å²) in [7, 11) is 0. The Morgan fingerprint density at radius 2 is 2.20 bits per heavy atom. The van der Waals surface area contributed by atoms with Gasteiger partial charge < -0.3 is 15.4 Å². The average Bonchev–Trinajstić information content (AvgIpc) is 2.34. The normalized spacial score (nSPS) is 12.4. The maximum absolute atomic E-state index is 11.4. The van der Waals surface area contributed by atoms with Crippen LogP contribution in [0.4, 0.5) is 5.82 Å². The third-order valence-corrected chi connectivity index (χ3v) is 2.97. The molecule has 0 aliphatic carbocycles. The standard InChI is InChI=1S/C14H23N3O3/c1-4-11-16-12(7-13(18)17-11)15-8-10(5-9(2)3)6-14(19)20/h7,9-10H,4-6,8H2,1-3H3,(H,19,20)(H2,15,16,17,18). The van der Waals surface area contributed by atoms with Crippen molar-refractivity contribution in [3.63, 3.8) is 0 Å². The molecule has 0 aliphatic rings. The molecule has 6 heteroatoms. The minimum atomic E-state index is -0.800. The quantitative estimate of drug-likeness (QED) is 0.676. The molecule has 1 heterocycles. The van der Waals surface area contributed by atoms with Gasteiger partial charge >= 0.3 is 5.97 Å². The number of nitrogens with one attached hydrogen (secondary N) is 2. The first-order valence-electron chi connectivity index (χ1n) is 6.96. The van der Waals surface area contributed by atoms with Crippen molar-refractivity contribution >= 4 is 11.8 Å². The molecule has 0 aromatic carbocycles. The zero-order chi connectivity index (χ0) is 15.1. The summed E-state index contributed by atoms with van der Waals surface area (Å²) in [6.07, 6.45) is 1.59. The van der Waals surface area contributed by atoms with Gasteiger partial charge in [0.25, 0.3) is 5.56 Å². The molecule has 0 fully saturated rings. The van der Waals surface area contributed by atoms with Crippen LogP contribution in [0.3, 0.4) is 0 Å². The van der Waals surface area contributed by atoms with Crippen LogP contribution in [0.15, 0.2) is 10.9 Å². The lowest BCUT2D eigenvalue weighted by Gasteiger charge is -2.18. The van der Waals surface area contributed by atoms with E-state index in [1.165, 1.54) is 6.07 Å². The fourth-order valence-corrected chi connectivity index (χ4v) is 2.17. The summed E-state index contributed by atoms with van der Waals surface area (Å²) >= 11 is 0. The Labute approximate surface area is 118 Å². The van der Waals surface area contributed by atoms with Crippen LogP contribution in [0, 0.1) is 11.8 Å². The van der Waals surface area contributed by atoms with E-state index in [0.717, 1.165) is 6.42 Å². The molecule has 3 N–H and O–H groups in total. The SMILES string of the molecule is CCc1nc(NCC(CC(=O)O)CC(C)C)cc(=O)[nH]1. The monoisotopic (exact) mass is 281 g/mol. The van der Waals surface area contributed by atoms with Gasteiger partial charge in [-0.3, -0.25) is 9.59 Å². The van der Waals surface area contributed by atoms with E-state index in [-0.39, 0.29) is 17.9 Å². The Balaban J connectivity index is 2.68. The lowest BCUT2D eigenvalue weighted by Crippen LogP contribution is -2.21. The summed E-state index contributed by atoms with van der Waals surface area (Å²) in [6.45, 7) is 6.54. The molecule has 112 valence electrons. The summed E-state index contributed by atoms with van der Waals surface area (Å²) in [6, 6.07) is 1.40. The highest BCUT2D eigenvalue weighted by Gasteiger charge is 2.15. The first kappa shape index (κ1) is 16.2. The number of aromatic nitrogens is 2. The number of nitrogens with zero attached hydrogens (tertiary/aromatic N) is 1. The van der Waals surface area contributed by atoms with Crippen molar-refractivity contribution in [2.45, 2.75) is 40.0 Å². The number of H-pyrrole nitrogens is 1. The van der Waals surface area contributed by atoms with Gasteiger partial charge in [-0.25, -0.2) is 4.98 Å². The van der Waals surface area contributed by atoms with Crippen LogP contribution in [0.1, 0.15) is 39.4 Å². The topological polar surface area (TPSA) is 95.1 Å². The molecule has 0 saturated carbocycles. The molecule has 1 aromatic heterocycles. The Hall–Kier alpha value is -1.85. The zero-order valence-electron chi connectivity index (χ0n) is 12.3. The van der Waals surface area contributed by atoms with Crippen LogP contribution in [0.5, 0.6) is 0 Å². The number of carboxylic acids is 1. The van der Waals surface area contributed by atoms with Crippen LogP contribution in [0.2, 0.25) is 0 Å². The van der Waals surface area contributed by atoms with Crippen molar-refractivity contribution in [2.24, 2.45) is 11.8 Å². The molecular weight excluding hydrogens is 258 g/mol. The van der Waals surface area contributed by atoms with Crippen LogP contribution in [-0.2, 0) is 11.2 Å². The minimum Gasteiger partial charge on any atom is -0.481 e. The Morgan fingerprint density at radius 3 is 2.75 bits per heavy atom. The van der Waals surface area contributed by atoms with Gasteiger partial charge in [0, 0.05) is 25.5 Å². The van der Waals surface area contributed by atoms with Crippen LogP contribution in [0.25, 0.3) is 0 Å². The van der Waals surface area contributed by atoms with E-state index in [1.54, 1.807) is 0 Å². The highest BCUT2D eigenvalue weighted by Crippen LogP contribution is 2.16. The Morgan fingerprint density at radius 1 is 1.50 bits per heavy atom. The second-order valence-electron chi connectivity index (χ2n) is 5.41. The van der Waals surface area contributed by atoms with E-state index in [1.807, 2.05) is 6.92 Å². The van der Waals surface area contributed by atoms with E-state index < -0.39 is 5.97 Å². The maximum Gasteiger partial charge on any atom is 0.303 e. The largest absolute Gasteiger partial charge is 0.481 e. The predicted molar refractivity (Wildman–Crippen MR) is 77.9 cm³/mol. The molecule has 1 unspecified atom stereocenters. The molecule has 20 heavy (non-hydrogen) atoms. The number of aliphatic carboxylic acids is 1. The summed E-state index contributed by atoms with van der Waals surface area (Å²) in [5.41, 5.74) is -0.196. The Bertz CT molecular complexity index is 497. The number of hydrogen-bond donors (Lipinski definition) is 3. The van der Waals surface area contributed by atoms with Crippen molar-refractivity contribution in [1.29, 1.82) is 0 Å². The molecule has 0 radical (unpaired) electrons. The number of hydrogen-bond acceptors (Lipinski definition) is 4. The van der Waals surface area contributed by atoms with E-state index in [0.29, 0.717) is 30.5 Å². The molecule has 0 saturated heterocycles. The van der Waals surface area contributed by atoms with E-state index >= 15 is 0 Å². The fraction of sp³-hybridized carbons (Fsp3) is 0.643. The van der Waals surface area contributed by atoms with E-state index in [9.17, 15) is 9.59 Å². The molecule has 1 atom stereocenters. The summed E-state index contributed by atoms with van der Waals surface area (Å²) in [5, 5.41) is 12.0. The second kappa shape index (κ2) is 7.67. The van der Waals surface area contributed by atoms with Gasteiger partial charge in [0.2, 0.25) is 0 Å². The summed E-state index contributed by atoms with van der Waals surface area (Å²) in [4.78, 5) is 29.2. The van der Waals surface area contributed by atoms with Crippen LogP contribution in [-0.4, -0.2) is 27.6 Å². The molecule has 0 aliphatic heterocycles. The third kappa shape index (κ3) is 5.86. The number of aromatic amines is 1. The number of aryl methyl sites for hydroxylation is 1. The smallest absolute Gasteiger partial charge is 0.303 e. The van der Waals surface area contributed by atoms with Gasteiger partial charge in [-0.2, -0.15) is 0 Å². The first-order valence-corrected chi connectivity index (χ1v) is 6.96. The Kier molecular flexibility index (Phi) is 6.21. The van der Waals surface area contributed by atoms with Crippen molar-refractivity contribution < 1.29 is 9.90 Å². The van der Waals surface area contributed by atoms with E-state index in [4.69, 9.17) is 5.11 Å². The highest BCUT2D eigenvalue weighted by atomic mass is 16.4. The number of carboxylic acid groups (broad SMARTS) is 1. The fourth-order valence-electron chi connectivity index (χ4n) is 2.17. The van der Waals surface area contributed by atoms with Gasteiger partial charge in [0.15, 0.2) is 0 Å². The summed E-state index contributed by atoms with van der Waals surface area (Å²) < 4.78 is 0. The van der Waals surface area contributed by atoms with Gasteiger partial charge in [0.05, 0.1) is 0 Å². The second-order valence-corrected chi connectivity index (χ2v) is 5.41. The molecular formula is C14H23N3O3. The van der Waals surface area contributed by atoms with Gasteiger partial charge in [-0.1, -0.05) is 20.8 Å². The molecule has 6 nitrogen and oxygen atoms in total. The van der Waals surface area contributed by atoms with Gasteiger partial charge in [-0.05, 0) is 18.3 Å². The molecule has 0 bridgehead atoms. The maximum atomic E-state index is 11.4. The molecule has 1 rings (SSSR count). The first-order chi connectivity index (χ1) is 9.40. The van der Waals surface area contributed by atoms with Crippen LogP contribution >= 0.6 is 0 Å². The van der Waals surface area contributed by atoms with Gasteiger partial charge in [0.1, 0.15) is 11.6 Å². The van der Waals surface area contributed by atoms with Gasteiger partial charge in [-0.15, -0.1) is 0 Å². The predicted octanol–water partition coefficient (Wildman–Crippen LogP) is 1.88. The third-order valence-electron chi connectivity index (χ3n) is 2.97. The lowest BCUT2D eigenvalue weighted by atomic mass is 9.94. The zero-order valence-corrected chi connectivity index (χ0v) is 12.3. The molecule has 0 amide bonds. The highest BCUT2D eigenvalue weighted by molar-refractivity contribution is 5.67. The summed E-state index contributed by atoms with van der Waals surface area (Å²) in [5.74, 6) is 0.784. The minimum absolute atomic E-state index is 0.0265. The number of anilines is 1. The van der Waals surface area contributed by atoms with Crippen molar-refractivity contribution in [2.75, 3.05) is 11.9 Å². The van der Waals surface area contributed by atoms with Crippen molar-refractivity contribution in [3.05, 3.63) is 22.2 Å². The van der Waals surface area contributed by atoms with E-state index in [2.05, 4.69) is 29.1 Å². The van der Waals surface area contributed by atoms with Crippen molar-refractivity contribution in [1.82, 2.24) is 9.97 Å². The molecule has 0 spiro atoms.